The lowest BCUT2D eigenvalue weighted by Crippen LogP contribution is -2.30. The van der Waals surface area contributed by atoms with E-state index in [0.29, 0.717) is 11.7 Å². The Kier molecular flexibility index (Phi) is 4.71. The smallest absolute Gasteiger partial charge is 0.230 e. The molecule has 0 aliphatic carbocycles. The Balaban J connectivity index is 2.41. The van der Waals surface area contributed by atoms with Crippen LogP contribution in [-0.4, -0.2) is 24.0 Å². The molecule has 1 rings (SSSR count). The Labute approximate surface area is 94.1 Å². The molecule has 1 amide bonds. The third-order valence-electron chi connectivity index (χ3n) is 2.00. The number of aromatic nitrogens is 1. The first-order valence-electron chi connectivity index (χ1n) is 5.07. The second-order valence-electron chi connectivity index (χ2n) is 3.47. The minimum absolute atomic E-state index is 0.0188. The maximum atomic E-state index is 11.6. The molecule has 1 heterocycles. The van der Waals surface area contributed by atoms with E-state index in [1.807, 2.05) is 20.8 Å². The van der Waals surface area contributed by atoms with Crippen molar-refractivity contribution >= 4 is 22.4 Å². The van der Waals surface area contributed by atoms with E-state index in [1.54, 1.807) is 6.20 Å². The fourth-order valence-corrected chi connectivity index (χ4v) is 1.76. The van der Waals surface area contributed by atoms with Crippen LogP contribution in [0.15, 0.2) is 6.20 Å². The van der Waals surface area contributed by atoms with Gasteiger partial charge in [-0.05, 0) is 13.5 Å². The van der Waals surface area contributed by atoms with Crippen LogP contribution < -0.4 is 10.6 Å². The van der Waals surface area contributed by atoms with Crippen LogP contribution >= 0.6 is 11.3 Å². The Morgan fingerprint density at radius 3 is 2.93 bits per heavy atom. The number of nitrogens with zero attached hydrogens (tertiary/aromatic N) is 1. The van der Waals surface area contributed by atoms with Crippen molar-refractivity contribution < 1.29 is 4.79 Å². The van der Waals surface area contributed by atoms with Crippen LogP contribution in [0.25, 0.3) is 0 Å². The molecule has 4 nitrogen and oxygen atoms in total. The summed E-state index contributed by atoms with van der Waals surface area (Å²) >= 11 is 1.49. The van der Waals surface area contributed by atoms with Crippen molar-refractivity contribution in [1.82, 2.24) is 10.3 Å². The first kappa shape index (κ1) is 12.1. The molecule has 0 aliphatic rings. The van der Waals surface area contributed by atoms with Gasteiger partial charge < -0.3 is 10.6 Å². The molecule has 0 aromatic carbocycles. The van der Waals surface area contributed by atoms with Crippen molar-refractivity contribution in [3.63, 3.8) is 0 Å². The lowest BCUT2D eigenvalue weighted by Gasteiger charge is -2.10. The summed E-state index contributed by atoms with van der Waals surface area (Å²) in [5, 5.41) is 6.62. The molecule has 1 unspecified atom stereocenters. The van der Waals surface area contributed by atoms with Crippen molar-refractivity contribution in [1.29, 1.82) is 0 Å². The van der Waals surface area contributed by atoms with Gasteiger partial charge in [-0.2, -0.15) is 0 Å². The molecule has 84 valence electrons. The predicted molar refractivity (Wildman–Crippen MR) is 63.2 cm³/mol. The molecule has 15 heavy (non-hydrogen) atoms. The molecule has 0 bridgehead atoms. The van der Waals surface area contributed by atoms with E-state index in [9.17, 15) is 4.79 Å². The molecule has 0 aliphatic heterocycles. The number of anilines is 1. The maximum absolute atomic E-state index is 11.6. The summed E-state index contributed by atoms with van der Waals surface area (Å²) in [5.41, 5.74) is 0. The van der Waals surface area contributed by atoms with Gasteiger partial charge in [0.2, 0.25) is 5.91 Å². The Morgan fingerprint density at radius 1 is 1.67 bits per heavy atom. The average molecular weight is 227 g/mol. The van der Waals surface area contributed by atoms with Crippen LogP contribution in [0.3, 0.4) is 0 Å². The molecule has 1 aromatic rings. The van der Waals surface area contributed by atoms with Gasteiger partial charge in [0.05, 0.1) is 0 Å². The van der Waals surface area contributed by atoms with Crippen LogP contribution in [0.4, 0.5) is 5.13 Å². The third-order valence-corrected chi connectivity index (χ3v) is 2.83. The largest absolute Gasteiger partial charge is 0.316 e. The summed E-state index contributed by atoms with van der Waals surface area (Å²) in [4.78, 5) is 16.8. The van der Waals surface area contributed by atoms with E-state index in [-0.39, 0.29) is 11.8 Å². The number of carbonyl (C=O) groups excluding carboxylic acids is 1. The van der Waals surface area contributed by atoms with Gasteiger partial charge >= 0.3 is 0 Å². The van der Waals surface area contributed by atoms with Gasteiger partial charge in [0, 0.05) is 23.5 Å². The number of rotatable bonds is 5. The number of carbonyl (C=O) groups is 1. The monoisotopic (exact) mass is 227 g/mol. The summed E-state index contributed by atoms with van der Waals surface area (Å²) in [6.07, 6.45) is 1.76. The summed E-state index contributed by atoms with van der Waals surface area (Å²) < 4.78 is 0. The van der Waals surface area contributed by atoms with Crippen molar-refractivity contribution in [2.24, 2.45) is 5.92 Å². The first-order valence-corrected chi connectivity index (χ1v) is 5.89. The van der Waals surface area contributed by atoms with Crippen molar-refractivity contribution in [3.8, 4) is 0 Å². The molecule has 0 radical (unpaired) electrons. The molecule has 2 N–H and O–H groups in total. The minimum Gasteiger partial charge on any atom is -0.316 e. The molecular formula is C10H17N3OS. The van der Waals surface area contributed by atoms with Crippen molar-refractivity contribution in [2.45, 2.75) is 20.8 Å². The number of thiazole rings is 1. The summed E-state index contributed by atoms with van der Waals surface area (Å²) in [6, 6.07) is 0. The van der Waals surface area contributed by atoms with Crippen LogP contribution in [-0.2, 0) is 4.79 Å². The van der Waals surface area contributed by atoms with Gasteiger partial charge in [0.15, 0.2) is 5.13 Å². The van der Waals surface area contributed by atoms with Crippen molar-refractivity contribution in [3.05, 3.63) is 11.1 Å². The highest BCUT2D eigenvalue weighted by Crippen LogP contribution is 2.17. The Morgan fingerprint density at radius 2 is 2.40 bits per heavy atom. The topological polar surface area (TPSA) is 54.0 Å². The molecule has 0 saturated heterocycles. The summed E-state index contributed by atoms with van der Waals surface area (Å²) in [7, 11) is 0. The van der Waals surface area contributed by atoms with Crippen molar-refractivity contribution in [2.75, 3.05) is 18.4 Å². The number of hydrogen-bond acceptors (Lipinski definition) is 4. The zero-order valence-electron chi connectivity index (χ0n) is 9.33. The maximum Gasteiger partial charge on any atom is 0.230 e. The Bertz CT molecular complexity index is 324. The molecule has 0 fully saturated rings. The number of amides is 1. The quantitative estimate of drug-likeness (QED) is 0.804. The highest BCUT2D eigenvalue weighted by atomic mass is 32.1. The number of aryl methyl sites for hydroxylation is 1. The average Bonchev–Trinajstić information content (AvgIpc) is 2.60. The summed E-state index contributed by atoms with van der Waals surface area (Å²) in [5.74, 6) is -0.0144. The van der Waals surface area contributed by atoms with Gasteiger partial charge in [-0.15, -0.1) is 11.3 Å². The SMILES string of the molecule is CCNCC(C)C(=O)Nc1ncc(C)s1. The van der Waals surface area contributed by atoms with E-state index < -0.39 is 0 Å². The van der Waals surface area contributed by atoms with Gasteiger partial charge in [-0.3, -0.25) is 4.79 Å². The molecular weight excluding hydrogens is 210 g/mol. The fraction of sp³-hybridized carbons (Fsp3) is 0.600. The summed E-state index contributed by atoms with van der Waals surface area (Å²) in [6.45, 7) is 7.48. The van der Waals surface area contributed by atoms with Crippen LogP contribution in [0.5, 0.6) is 0 Å². The first-order chi connectivity index (χ1) is 7.13. The second-order valence-corrected chi connectivity index (χ2v) is 4.71. The number of nitrogens with one attached hydrogen (secondary N) is 2. The molecule has 0 saturated carbocycles. The molecule has 5 heteroatoms. The van der Waals surface area contributed by atoms with Crippen LogP contribution in [0.2, 0.25) is 0 Å². The second kappa shape index (κ2) is 5.82. The van der Waals surface area contributed by atoms with Gasteiger partial charge in [-0.1, -0.05) is 13.8 Å². The Hall–Kier alpha value is -0.940. The van der Waals surface area contributed by atoms with E-state index in [1.165, 1.54) is 11.3 Å². The van der Waals surface area contributed by atoms with Gasteiger partial charge in [0.1, 0.15) is 0 Å². The fourth-order valence-electron chi connectivity index (χ4n) is 1.09. The van der Waals surface area contributed by atoms with E-state index in [2.05, 4.69) is 15.6 Å². The zero-order chi connectivity index (χ0) is 11.3. The lowest BCUT2D eigenvalue weighted by molar-refractivity contribution is -0.119. The highest BCUT2D eigenvalue weighted by Gasteiger charge is 2.13. The lowest BCUT2D eigenvalue weighted by atomic mass is 10.1. The molecule has 0 spiro atoms. The van der Waals surface area contributed by atoms with Crippen LogP contribution in [0, 0.1) is 12.8 Å². The molecule has 1 aromatic heterocycles. The standard InChI is InChI=1S/C10H17N3OS/c1-4-11-5-7(2)9(14)13-10-12-6-8(3)15-10/h6-7,11H,4-5H2,1-3H3,(H,12,13,14). The third kappa shape index (κ3) is 3.97. The number of hydrogen-bond donors (Lipinski definition) is 2. The zero-order valence-corrected chi connectivity index (χ0v) is 10.1. The van der Waals surface area contributed by atoms with E-state index in [4.69, 9.17) is 0 Å². The molecule has 1 atom stereocenters. The highest BCUT2D eigenvalue weighted by molar-refractivity contribution is 7.15. The van der Waals surface area contributed by atoms with Crippen LogP contribution in [0.1, 0.15) is 18.7 Å². The van der Waals surface area contributed by atoms with Gasteiger partial charge in [-0.25, -0.2) is 4.98 Å². The van der Waals surface area contributed by atoms with E-state index in [0.717, 1.165) is 11.4 Å². The predicted octanol–water partition coefficient (Wildman–Crippen LogP) is 1.64. The minimum atomic E-state index is -0.0332. The van der Waals surface area contributed by atoms with Gasteiger partial charge in [0.25, 0.3) is 0 Å². The normalized spacial score (nSPS) is 12.5. The van der Waals surface area contributed by atoms with E-state index >= 15 is 0 Å².